The van der Waals surface area contributed by atoms with Gasteiger partial charge in [0, 0.05) is 83.8 Å². The average Bonchev–Trinajstić information content (AvgIpc) is 3.73. The van der Waals surface area contributed by atoms with Crippen molar-refractivity contribution < 1.29 is 33.1 Å². The predicted octanol–water partition coefficient (Wildman–Crippen LogP) is 3.10. The number of hydrogen-bond donors (Lipinski definition) is 2. The largest absolute Gasteiger partial charge is 0.491 e. The van der Waals surface area contributed by atoms with Crippen molar-refractivity contribution in [2.45, 2.75) is 26.4 Å². The molecule has 1 saturated carbocycles. The fourth-order valence-corrected chi connectivity index (χ4v) is 5.85. The monoisotopic (exact) mass is 663 g/mol. The molecule has 1 saturated heterocycles. The second-order valence-corrected chi connectivity index (χ2v) is 11.7. The Kier molecular flexibility index (Phi) is 9.04. The minimum Gasteiger partial charge on any atom is -0.469 e. The van der Waals surface area contributed by atoms with Gasteiger partial charge in [-0.1, -0.05) is 18.2 Å². The van der Waals surface area contributed by atoms with Gasteiger partial charge < -0.3 is 28.8 Å². The van der Waals surface area contributed by atoms with Gasteiger partial charge in [-0.2, -0.15) is 8.78 Å². The molecule has 242 valence electrons. The van der Waals surface area contributed by atoms with E-state index in [0.717, 1.165) is 47.7 Å². The van der Waals surface area contributed by atoms with E-state index < -0.39 is 13.7 Å². The lowest BCUT2D eigenvalue weighted by atomic mass is 9.83. The Morgan fingerprint density at radius 3 is 2.43 bits per heavy atom. The number of ether oxygens (including phenoxy) is 2. The molecule has 2 aliphatic rings. The summed E-state index contributed by atoms with van der Waals surface area (Å²) in [6.45, 7) is 0.527. The standard InChI is InChI=1S/C27H25F2N5O3.C4H4BClN2O2/c1-16-21(9-17-5-3-4-6-22(17)37-25(28)29)34-13-18(7-8-23(34)32-16)19-11-30-26(31-12-19)33-14-27(15-33)10-20(27)24(35)36-2;6-4-7-1-3(2-8-4)5(9)10/h3-8,11-13,20,25H,9-10,14-15H2,1-2H3;1-2,9-10H. The summed E-state index contributed by atoms with van der Waals surface area (Å²) in [6.07, 6.45) is 9.28. The zero-order valence-corrected chi connectivity index (χ0v) is 26.1. The van der Waals surface area contributed by atoms with Gasteiger partial charge in [-0.3, -0.25) is 4.79 Å². The first-order chi connectivity index (χ1) is 22.6. The van der Waals surface area contributed by atoms with Crippen molar-refractivity contribution >= 4 is 41.7 Å². The first-order valence-corrected chi connectivity index (χ1v) is 14.9. The van der Waals surface area contributed by atoms with Crippen LogP contribution in [0.1, 0.15) is 23.4 Å². The van der Waals surface area contributed by atoms with E-state index >= 15 is 0 Å². The Morgan fingerprint density at radius 1 is 1.06 bits per heavy atom. The smallest absolute Gasteiger partial charge is 0.469 e. The van der Waals surface area contributed by atoms with Crippen molar-refractivity contribution in [2.24, 2.45) is 11.3 Å². The molecule has 1 aliphatic heterocycles. The molecule has 5 heterocycles. The Morgan fingerprint density at radius 2 is 1.77 bits per heavy atom. The number of benzene rings is 1. The Hall–Kier alpha value is -4.73. The van der Waals surface area contributed by atoms with Crippen molar-refractivity contribution in [3.05, 3.63) is 89.6 Å². The van der Waals surface area contributed by atoms with Crippen LogP contribution in [0.15, 0.2) is 67.4 Å². The van der Waals surface area contributed by atoms with Gasteiger partial charge in [0.25, 0.3) is 0 Å². The highest BCUT2D eigenvalue weighted by Crippen LogP contribution is 2.59. The summed E-state index contributed by atoms with van der Waals surface area (Å²) in [4.78, 5) is 34.7. The van der Waals surface area contributed by atoms with E-state index in [2.05, 4.69) is 29.8 Å². The van der Waals surface area contributed by atoms with Gasteiger partial charge in [0.05, 0.1) is 18.7 Å². The minimum absolute atomic E-state index is 0.0125. The molecule has 1 aliphatic carbocycles. The van der Waals surface area contributed by atoms with Gasteiger partial charge in [0.2, 0.25) is 11.2 Å². The number of rotatable bonds is 8. The Labute approximate surface area is 273 Å². The molecule has 2 N–H and O–H groups in total. The number of carbonyl (C=O) groups excluding carboxylic acids is 1. The van der Waals surface area contributed by atoms with E-state index in [4.69, 9.17) is 31.1 Å². The lowest BCUT2D eigenvalue weighted by Crippen LogP contribution is -2.51. The van der Waals surface area contributed by atoms with Crippen LogP contribution in [0.5, 0.6) is 5.75 Å². The van der Waals surface area contributed by atoms with Crippen molar-refractivity contribution in [3.63, 3.8) is 0 Å². The van der Waals surface area contributed by atoms with Crippen molar-refractivity contribution in [3.8, 4) is 16.9 Å². The lowest BCUT2D eigenvalue weighted by molar-refractivity contribution is -0.143. The second-order valence-electron chi connectivity index (χ2n) is 11.4. The third-order valence-electron chi connectivity index (χ3n) is 8.34. The first kappa shape index (κ1) is 32.2. The van der Waals surface area contributed by atoms with Gasteiger partial charge in [0.1, 0.15) is 11.4 Å². The number of methoxy groups -OCH3 is 1. The van der Waals surface area contributed by atoms with Crippen molar-refractivity contribution in [1.29, 1.82) is 0 Å². The number of anilines is 1. The van der Waals surface area contributed by atoms with Gasteiger partial charge in [-0.25, -0.2) is 24.9 Å². The number of carbonyl (C=O) groups is 1. The molecule has 16 heteroatoms. The second kappa shape index (κ2) is 13.2. The highest BCUT2D eigenvalue weighted by Gasteiger charge is 2.65. The van der Waals surface area contributed by atoms with E-state index in [1.807, 2.05) is 29.7 Å². The van der Waals surface area contributed by atoms with Gasteiger partial charge in [0.15, 0.2) is 0 Å². The fourth-order valence-electron chi connectivity index (χ4n) is 5.75. The molecule has 1 spiro atoms. The number of alkyl halides is 2. The summed E-state index contributed by atoms with van der Waals surface area (Å²) in [5, 5.41) is 17.2. The molecule has 7 rings (SSSR count). The van der Waals surface area contributed by atoms with Crippen LogP contribution in [-0.2, 0) is 16.0 Å². The molecule has 0 amide bonds. The molecule has 47 heavy (non-hydrogen) atoms. The van der Waals surface area contributed by atoms with Crippen LogP contribution in [0.4, 0.5) is 14.7 Å². The topological polar surface area (TPSA) is 148 Å². The third kappa shape index (κ3) is 6.87. The summed E-state index contributed by atoms with van der Waals surface area (Å²) >= 11 is 5.33. The molecule has 0 radical (unpaired) electrons. The Bertz CT molecular complexity index is 1890. The summed E-state index contributed by atoms with van der Waals surface area (Å²) in [5.41, 5.74) is 5.11. The van der Waals surface area contributed by atoms with Crippen LogP contribution in [0.2, 0.25) is 5.28 Å². The number of para-hydroxylation sites is 1. The van der Waals surface area contributed by atoms with Crippen LogP contribution in [0.25, 0.3) is 16.8 Å². The quantitative estimate of drug-likeness (QED) is 0.143. The van der Waals surface area contributed by atoms with Crippen LogP contribution < -0.4 is 15.1 Å². The number of imidazole rings is 1. The van der Waals surface area contributed by atoms with Crippen LogP contribution in [0, 0.1) is 18.3 Å². The molecular weight excluding hydrogens is 635 g/mol. The zero-order chi connectivity index (χ0) is 33.3. The summed E-state index contributed by atoms with van der Waals surface area (Å²) < 4.78 is 37.3. The van der Waals surface area contributed by atoms with Gasteiger partial charge >= 0.3 is 19.7 Å². The number of nitrogens with zero attached hydrogens (tertiary/aromatic N) is 7. The van der Waals surface area contributed by atoms with Gasteiger partial charge in [-0.05, 0) is 43.1 Å². The number of fused-ring (bicyclic) bond motifs is 1. The molecule has 1 aromatic carbocycles. The maximum atomic E-state index is 12.9. The number of esters is 1. The number of aryl methyl sites for hydroxylation is 1. The third-order valence-corrected chi connectivity index (χ3v) is 8.54. The molecule has 1 unspecified atom stereocenters. The molecule has 12 nitrogen and oxygen atoms in total. The fraction of sp³-hybridized carbons (Fsp3) is 0.290. The maximum Gasteiger partial charge on any atom is 0.491 e. The molecular formula is C31H29BClF2N7O5. The molecule has 1 atom stereocenters. The SMILES string of the molecule is COC(=O)C1CC12CN(c1ncc(-c3ccc4nc(C)c(Cc5ccccc5OC(F)F)n4c3)cn1)C2.OB(O)c1cnc(Cl)nc1. The highest BCUT2D eigenvalue weighted by atomic mass is 35.5. The Balaban J connectivity index is 0.000000332. The van der Waals surface area contributed by atoms with Crippen LogP contribution >= 0.6 is 11.6 Å². The molecule has 4 aromatic heterocycles. The number of aromatic nitrogens is 6. The van der Waals surface area contributed by atoms with Gasteiger partial charge in [-0.15, -0.1) is 0 Å². The van der Waals surface area contributed by atoms with Crippen LogP contribution in [-0.4, -0.2) is 79.3 Å². The normalized spacial score (nSPS) is 16.0. The van der Waals surface area contributed by atoms with Crippen LogP contribution in [0.3, 0.4) is 0 Å². The van der Waals surface area contributed by atoms with Crippen molar-refractivity contribution in [1.82, 2.24) is 29.3 Å². The average molecular weight is 664 g/mol. The van der Waals surface area contributed by atoms with E-state index in [-0.39, 0.29) is 33.8 Å². The molecule has 2 fully saturated rings. The van der Waals surface area contributed by atoms with E-state index in [1.165, 1.54) is 19.5 Å². The summed E-state index contributed by atoms with van der Waals surface area (Å²) in [5.74, 6) is 0.650. The van der Waals surface area contributed by atoms with E-state index in [1.54, 1.807) is 36.7 Å². The molecule has 5 aromatic rings. The molecule has 0 bridgehead atoms. The number of hydrogen-bond acceptors (Lipinski definition) is 11. The maximum absolute atomic E-state index is 12.9. The van der Waals surface area contributed by atoms with Crippen molar-refractivity contribution in [2.75, 3.05) is 25.1 Å². The lowest BCUT2D eigenvalue weighted by Gasteiger charge is -2.40. The highest BCUT2D eigenvalue weighted by molar-refractivity contribution is 6.58. The summed E-state index contributed by atoms with van der Waals surface area (Å²) in [7, 11) is -0.101. The predicted molar refractivity (Wildman–Crippen MR) is 168 cm³/mol. The van der Waals surface area contributed by atoms with E-state index in [9.17, 15) is 13.6 Å². The van der Waals surface area contributed by atoms with E-state index in [0.29, 0.717) is 17.9 Å². The number of halogens is 3. The summed E-state index contributed by atoms with van der Waals surface area (Å²) in [6, 6.07) is 10.7. The first-order valence-electron chi connectivity index (χ1n) is 14.6. The minimum atomic E-state index is -2.89. The zero-order valence-electron chi connectivity index (χ0n) is 25.3. The number of pyridine rings is 1.